The van der Waals surface area contributed by atoms with Crippen LogP contribution in [0.4, 0.5) is 5.82 Å². The third kappa shape index (κ3) is 3.47. The highest BCUT2D eigenvalue weighted by Crippen LogP contribution is 2.09. The number of aromatic nitrogens is 1. The fourth-order valence-corrected chi connectivity index (χ4v) is 2.31. The van der Waals surface area contributed by atoms with Gasteiger partial charge >= 0.3 is 0 Å². The summed E-state index contributed by atoms with van der Waals surface area (Å²) in [6.07, 6.45) is 2.53. The monoisotopic (exact) mass is 289 g/mol. The molecule has 2 unspecified atom stereocenters. The molecule has 0 saturated carbocycles. The summed E-state index contributed by atoms with van der Waals surface area (Å²) < 4.78 is 0. The Kier molecular flexibility index (Phi) is 4.27. The Labute approximate surface area is 122 Å². The molecule has 2 aliphatic rings. The number of hydrogen-bond acceptors (Lipinski definition) is 6. The second-order valence-electron chi connectivity index (χ2n) is 4.97. The predicted octanol–water partition coefficient (Wildman–Crippen LogP) is -0.991. The van der Waals surface area contributed by atoms with Crippen molar-refractivity contribution in [2.75, 3.05) is 25.0 Å². The van der Waals surface area contributed by atoms with Crippen LogP contribution in [0, 0.1) is 5.92 Å². The summed E-state index contributed by atoms with van der Waals surface area (Å²) in [6.45, 7) is 2.05. The van der Waals surface area contributed by atoms with Crippen molar-refractivity contribution in [2.45, 2.75) is 12.6 Å². The summed E-state index contributed by atoms with van der Waals surface area (Å²) in [5.41, 5.74) is 5.98. The van der Waals surface area contributed by atoms with Crippen molar-refractivity contribution in [3.8, 4) is 0 Å². The summed E-state index contributed by atoms with van der Waals surface area (Å²) >= 11 is 0. The van der Waals surface area contributed by atoms with Crippen molar-refractivity contribution in [3.63, 3.8) is 0 Å². The number of carbonyl (C=O) groups is 1. The fourth-order valence-electron chi connectivity index (χ4n) is 2.31. The molecule has 1 aromatic heterocycles. The second-order valence-corrected chi connectivity index (χ2v) is 4.97. The van der Waals surface area contributed by atoms with Gasteiger partial charge < -0.3 is 10.6 Å². The molecule has 1 aromatic rings. The standard InChI is InChI=1S/C13H19N7O/c21-12-9-8-17-20-11(9)18-13(19-12)16-7-3-6-15-10-4-1-2-5-14-10/h1-2,4-5,9,11,17,20H,3,6-8H2,(H,14,15)(H2,16,18,19,21). The highest BCUT2D eigenvalue weighted by molar-refractivity contribution is 6.01. The maximum Gasteiger partial charge on any atom is 0.234 e. The average molecular weight is 289 g/mol. The Balaban J connectivity index is 1.41. The predicted molar refractivity (Wildman–Crippen MR) is 79.3 cm³/mol. The van der Waals surface area contributed by atoms with Crippen molar-refractivity contribution < 1.29 is 4.79 Å². The topological polar surface area (TPSA) is 102 Å². The molecule has 1 amide bonds. The number of fused-ring (bicyclic) bond motifs is 1. The number of hydrogen-bond donors (Lipinski definition) is 5. The third-order valence-electron chi connectivity index (χ3n) is 3.43. The van der Waals surface area contributed by atoms with Crippen LogP contribution in [0.5, 0.6) is 0 Å². The van der Waals surface area contributed by atoms with E-state index in [2.05, 4.69) is 36.8 Å². The first-order valence-electron chi connectivity index (χ1n) is 7.08. The smallest absolute Gasteiger partial charge is 0.234 e. The minimum Gasteiger partial charge on any atom is -0.370 e. The maximum atomic E-state index is 11.8. The van der Waals surface area contributed by atoms with Gasteiger partial charge in [0, 0.05) is 25.8 Å². The van der Waals surface area contributed by atoms with E-state index in [1.54, 1.807) is 6.20 Å². The number of carbonyl (C=O) groups excluding carboxylic acids is 1. The first kappa shape index (κ1) is 13.8. The quantitative estimate of drug-likeness (QED) is 0.446. The molecular weight excluding hydrogens is 270 g/mol. The zero-order valence-corrected chi connectivity index (χ0v) is 11.6. The molecule has 0 spiro atoms. The van der Waals surface area contributed by atoms with Gasteiger partial charge in [0.15, 0.2) is 5.96 Å². The Morgan fingerprint density at radius 2 is 2.38 bits per heavy atom. The normalized spacial score (nSPS) is 26.1. The van der Waals surface area contributed by atoms with Crippen LogP contribution in [0.3, 0.4) is 0 Å². The minimum absolute atomic E-state index is 0.00149. The van der Waals surface area contributed by atoms with Gasteiger partial charge in [-0.15, -0.1) is 0 Å². The molecule has 8 heteroatoms. The number of aliphatic imine (C=N–C) groups is 1. The highest BCUT2D eigenvalue weighted by atomic mass is 16.2. The van der Waals surface area contributed by atoms with Crippen molar-refractivity contribution in [1.29, 1.82) is 0 Å². The number of rotatable bonds is 5. The number of hydrazine groups is 1. The molecule has 112 valence electrons. The first-order valence-corrected chi connectivity index (χ1v) is 7.08. The van der Waals surface area contributed by atoms with E-state index in [0.717, 1.165) is 18.8 Å². The summed E-state index contributed by atoms with van der Waals surface area (Å²) in [6, 6.07) is 5.75. The molecule has 0 aromatic carbocycles. The van der Waals surface area contributed by atoms with Gasteiger partial charge in [0.1, 0.15) is 12.0 Å². The van der Waals surface area contributed by atoms with E-state index in [9.17, 15) is 4.79 Å². The molecule has 0 bridgehead atoms. The molecule has 2 fully saturated rings. The number of amides is 1. The number of guanidine groups is 1. The van der Waals surface area contributed by atoms with Gasteiger partial charge in [-0.3, -0.25) is 20.5 Å². The number of pyridine rings is 1. The molecule has 0 aliphatic carbocycles. The lowest BCUT2D eigenvalue weighted by Gasteiger charge is -2.27. The fraction of sp³-hybridized carbons (Fsp3) is 0.462. The van der Waals surface area contributed by atoms with E-state index in [0.29, 0.717) is 19.0 Å². The van der Waals surface area contributed by atoms with E-state index in [1.807, 2.05) is 18.2 Å². The Bertz CT molecular complexity index is 519. The van der Waals surface area contributed by atoms with Gasteiger partial charge in [-0.05, 0) is 18.6 Å². The second kappa shape index (κ2) is 6.51. The zero-order valence-electron chi connectivity index (χ0n) is 11.6. The van der Waals surface area contributed by atoms with Crippen molar-refractivity contribution in [3.05, 3.63) is 24.4 Å². The van der Waals surface area contributed by atoms with E-state index >= 15 is 0 Å². The van der Waals surface area contributed by atoms with Gasteiger partial charge in [0.2, 0.25) is 5.91 Å². The van der Waals surface area contributed by atoms with Crippen molar-refractivity contribution in [2.24, 2.45) is 10.9 Å². The molecular formula is C13H19N7O. The lowest BCUT2D eigenvalue weighted by Crippen LogP contribution is -2.61. The minimum atomic E-state index is -0.0882. The molecule has 0 radical (unpaired) electrons. The van der Waals surface area contributed by atoms with Gasteiger partial charge in [0.05, 0.1) is 5.92 Å². The summed E-state index contributed by atoms with van der Waals surface area (Å²) in [4.78, 5) is 20.4. The van der Waals surface area contributed by atoms with E-state index in [4.69, 9.17) is 0 Å². The maximum absolute atomic E-state index is 11.8. The Morgan fingerprint density at radius 1 is 1.43 bits per heavy atom. The Hall–Kier alpha value is -2.19. The zero-order chi connectivity index (χ0) is 14.5. The van der Waals surface area contributed by atoms with Crippen molar-refractivity contribution >= 4 is 17.7 Å². The third-order valence-corrected chi connectivity index (χ3v) is 3.43. The van der Waals surface area contributed by atoms with Crippen LogP contribution in [0.1, 0.15) is 6.42 Å². The summed E-state index contributed by atoms with van der Waals surface area (Å²) in [5, 5.41) is 9.17. The van der Waals surface area contributed by atoms with E-state index in [-0.39, 0.29) is 18.0 Å². The molecule has 3 rings (SSSR count). The average Bonchev–Trinajstić information content (AvgIpc) is 2.97. The first-order chi connectivity index (χ1) is 10.3. The molecule has 2 atom stereocenters. The SMILES string of the molecule is O=C1NC(=NCCCNc2ccccn2)NC2NNCC12. The van der Waals surface area contributed by atoms with Gasteiger partial charge in [-0.25, -0.2) is 10.4 Å². The molecule has 8 nitrogen and oxygen atoms in total. The molecule has 5 N–H and O–H groups in total. The molecule has 2 saturated heterocycles. The number of nitrogens with one attached hydrogen (secondary N) is 5. The van der Waals surface area contributed by atoms with E-state index < -0.39 is 0 Å². The molecule has 21 heavy (non-hydrogen) atoms. The van der Waals surface area contributed by atoms with Gasteiger partial charge in [0.25, 0.3) is 0 Å². The van der Waals surface area contributed by atoms with Crippen LogP contribution < -0.4 is 26.8 Å². The van der Waals surface area contributed by atoms with Crippen molar-refractivity contribution in [1.82, 2.24) is 26.5 Å². The number of nitrogens with zero attached hydrogens (tertiary/aromatic N) is 2. The van der Waals surface area contributed by atoms with Crippen LogP contribution >= 0.6 is 0 Å². The van der Waals surface area contributed by atoms with Crippen LogP contribution in [-0.4, -0.2) is 42.7 Å². The van der Waals surface area contributed by atoms with Crippen LogP contribution in [0.15, 0.2) is 29.4 Å². The largest absolute Gasteiger partial charge is 0.370 e. The highest BCUT2D eigenvalue weighted by Gasteiger charge is 2.37. The van der Waals surface area contributed by atoms with Crippen LogP contribution in [0.25, 0.3) is 0 Å². The number of anilines is 1. The molecule has 2 aliphatic heterocycles. The van der Waals surface area contributed by atoms with Crippen LogP contribution in [-0.2, 0) is 4.79 Å². The molecule has 3 heterocycles. The van der Waals surface area contributed by atoms with Gasteiger partial charge in [-0.2, -0.15) is 0 Å². The Morgan fingerprint density at radius 3 is 3.24 bits per heavy atom. The lowest BCUT2D eigenvalue weighted by molar-refractivity contribution is -0.124. The van der Waals surface area contributed by atoms with E-state index in [1.165, 1.54) is 0 Å². The summed E-state index contributed by atoms with van der Waals surface area (Å²) in [5.74, 6) is 1.31. The summed E-state index contributed by atoms with van der Waals surface area (Å²) in [7, 11) is 0. The van der Waals surface area contributed by atoms with Gasteiger partial charge in [-0.1, -0.05) is 6.07 Å². The lowest BCUT2D eigenvalue weighted by atomic mass is 10.1. The van der Waals surface area contributed by atoms with Crippen LogP contribution in [0.2, 0.25) is 0 Å².